The fraction of sp³-hybridized carbons (Fsp3) is 0.222. The third kappa shape index (κ3) is 5.44. The molecule has 1 amide bonds. The highest BCUT2D eigenvalue weighted by Crippen LogP contribution is 2.43. The van der Waals surface area contributed by atoms with Gasteiger partial charge in [-0.3, -0.25) is 4.79 Å². The van der Waals surface area contributed by atoms with Crippen molar-refractivity contribution < 1.29 is 14.3 Å². The van der Waals surface area contributed by atoms with Crippen molar-refractivity contribution >= 4 is 28.2 Å². The van der Waals surface area contributed by atoms with Crippen LogP contribution in [0.1, 0.15) is 43.8 Å². The Bertz CT molecular complexity index is 1320. The molecule has 2 aromatic carbocycles. The van der Waals surface area contributed by atoms with Crippen molar-refractivity contribution in [2.45, 2.75) is 26.8 Å². The van der Waals surface area contributed by atoms with E-state index in [1.165, 1.54) is 11.3 Å². The Labute approximate surface area is 209 Å². The van der Waals surface area contributed by atoms with Gasteiger partial charge in [-0.25, -0.2) is 9.97 Å². The highest BCUT2D eigenvalue weighted by atomic mass is 32.1. The molecule has 0 unspecified atom stereocenters. The summed E-state index contributed by atoms with van der Waals surface area (Å²) in [5.41, 5.74) is 4.02. The van der Waals surface area contributed by atoms with Crippen molar-refractivity contribution in [2.24, 2.45) is 0 Å². The van der Waals surface area contributed by atoms with E-state index in [-0.39, 0.29) is 5.91 Å². The van der Waals surface area contributed by atoms with Crippen molar-refractivity contribution in [3.8, 4) is 11.5 Å². The van der Waals surface area contributed by atoms with Gasteiger partial charge >= 0.3 is 0 Å². The first kappa shape index (κ1) is 24.2. The number of nitrogens with one attached hydrogen (secondary N) is 2. The molecule has 2 aromatic heterocycles. The Kier molecular flexibility index (Phi) is 7.31. The zero-order valence-electron chi connectivity index (χ0n) is 20.4. The number of rotatable bonds is 8. The highest BCUT2D eigenvalue weighted by molar-refractivity contribution is 7.16. The number of para-hydroxylation sites is 1. The fourth-order valence-electron chi connectivity index (χ4n) is 3.99. The summed E-state index contributed by atoms with van der Waals surface area (Å²) in [5, 5.41) is 7.32. The molecular formula is C27H28N4O3S. The number of hydrogen-bond acceptors (Lipinski definition) is 7. The first-order valence-corrected chi connectivity index (χ1v) is 12.0. The summed E-state index contributed by atoms with van der Waals surface area (Å²) in [6.45, 7) is 5.88. The zero-order chi connectivity index (χ0) is 24.9. The second kappa shape index (κ2) is 10.6. The monoisotopic (exact) mass is 488 g/mol. The average Bonchev–Trinajstić information content (AvgIpc) is 3.21. The van der Waals surface area contributed by atoms with Crippen molar-refractivity contribution in [1.82, 2.24) is 9.97 Å². The molecule has 0 aliphatic rings. The van der Waals surface area contributed by atoms with Crippen LogP contribution >= 0.6 is 11.3 Å². The minimum Gasteiger partial charge on any atom is -0.493 e. The van der Waals surface area contributed by atoms with Crippen molar-refractivity contribution in [1.29, 1.82) is 0 Å². The van der Waals surface area contributed by atoms with Crippen LogP contribution in [-0.2, 0) is 0 Å². The molecule has 0 saturated carbocycles. The van der Waals surface area contributed by atoms with Gasteiger partial charge in [0.2, 0.25) is 5.95 Å². The number of aryl methyl sites for hydroxylation is 3. The van der Waals surface area contributed by atoms with E-state index in [0.29, 0.717) is 23.0 Å². The topological polar surface area (TPSA) is 85.4 Å². The first-order chi connectivity index (χ1) is 16.9. The summed E-state index contributed by atoms with van der Waals surface area (Å²) in [6.07, 6.45) is 0. The number of anilines is 2. The molecule has 35 heavy (non-hydrogen) atoms. The van der Waals surface area contributed by atoms with Gasteiger partial charge in [0.05, 0.1) is 20.3 Å². The van der Waals surface area contributed by atoms with Gasteiger partial charge in [-0.15, -0.1) is 11.3 Å². The number of ether oxygens (including phenoxy) is 2. The number of methoxy groups -OCH3 is 2. The molecule has 4 rings (SSSR count). The van der Waals surface area contributed by atoms with Gasteiger partial charge in [-0.05, 0) is 51.1 Å². The molecule has 0 bridgehead atoms. The quantitative estimate of drug-likeness (QED) is 0.320. The van der Waals surface area contributed by atoms with E-state index < -0.39 is 6.04 Å². The number of benzene rings is 2. The van der Waals surface area contributed by atoms with Crippen LogP contribution in [0.5, 0.6) is 11.5 Å². The summed E-state index contributed by atoms with van der Waals surface area (Å²) in [4.78, 5) is 23.2. The third-order valence-corrected chi connectivity index (χ3v) is 6.44. The van der Waals surface area contributed by atoms with Crippen LogP contribution in [-0.4, -0.2) is 30.1 Å². The Morgan fingerprint density at radius 2 is 1.60 bits per heavy atom. The first-order valence-electron chi connectivity index (χ1n) is 11.2. The number of carbonyl (C=O) groups is 1. The lowest BCUT2D eigenvalue weighted by Crippen LogP contribution is -2.18. The lowest BCUT2D eigenvalue weighted by atomic mass is 9.98. The van der Waals surface area contributed by atoms with E-state index in [2.05, 4.69) is 26.7 Å². The molecular weight excluding hydrogens is 460 g/mol. The number of amides is 1. The lowest BCUT2D eigenvalue weighted by Gasteiger charge is -2.23. The maximum Gasteiger partial charge on any atom is 0.256 e. The molecule has 4 aromatic rings. The average molecular weight is 489 g/mol. The van der Waals surface area contributed by atoms with Crippen LogP contribution in [0, 0.1) is 20.8 Å². The maximum absolute atomic E-state index is 13.0. The summed E-state index contributed by atoms with van der Waals surface area (Å²) in [7, 11) is 3.22. The molecule has 0 aliphatic carbocycles. The summed E-state index contributed by atoms with van der Waals surface area (Å²) < 4.78 is 11.3. The summed E-state index contributed by atoms with van der Waals surface area (Å²) >= 11 is 1.52. The zero-order valence-corrected chi connectivity index (χ0v) is 21.2. The Morgan fingerprint density at radius 1 is 0.886 bits per heavy atom. The molecule has 0 aliphatic heterocycles. The Morgan fingerprint density at radius 3 is 2.26 bits per heavy atom. The minimum absolute atomic E-state index is 0.173. The van der Waals surface area contributed by atoms with Crippen LogP contribution in [0.4, 0.5) is 10.9 Å². The van der Waals surface area contributed by atoms with Crippen LogP contribution in [0.15, 0.2) is 60.7 Å². The molecule has 0 spiro atoms. The Hall–Kier alpha value is -3.91. The fourth-order valence-corrected chi connectivity index (χ4v) is 4.94. The van der Waals surface area contributed by atoms with Crippen LogP contribution < -0.4 is 20.1 Å². The molecule has 0 radical (unpaired) electrons. The summed E-state index contributed by atoms with van der Waals surface area (Å²) in [5.74, 6) is 1.52. The second-order valence-corrected chi connectivity index (χ2v) is 9.35. The molecule has 7 nitrogen and oxygen atoms in total. The van der Waals surface area contributed by atoms with Gasteiger partial charge in [0.15, 0.2) is 11.5 Å². The van der Waals surface area contributed by atoms with Gasteiger partial charge in [-0.2, -0.15) is 0 Å². The van der Waals surface area contributed by atoms with E-state index in [1.54, 1.807) is 26.4 Å². The Balaban J connectivity index is 1.83. The molecule has 2 heterocycles. The van der Waals surface area contributed by atoms with Gasteiger partial charge in [0.1, 0.15) is 5.00 Å². The third-order valence-electron chi connectivity index (χ3n) is 5.46. The van der Waals surface area contributed by atoms with Gasteiger partial charge < -0.3 is 20.1 Å². The number of aromatic nitrogens is 2. The molecule has 180 valence electrons. The molecule has 8 heteroatoms. The predicted molar refractivity (Wildman–Crippen MR) is 140 cm³/mol. The van der Waals surface area contributed by atoms with Crippen LogP contribution in [0.3, 0.4) is 0 Å². The largest absolute Gasteiger partial charge is 0.493 e. The molecule has 0 saturated heterocycles. The van der Waals surface area contributed by atoms with E-state index in [0.717, 1.165) is 32.4 Å². The van der Waals surface area contributed by atoms with E-state index >= 15 is 0 Å². The van der Waals surface area contributed by atoms with Gasteiger partial charge in [-0.1, -0.05) is 30.3 Å². The predicted octanol–water partition coefficient (Wildman–Crippen LogP) is 5.93. The molecule has 2 N–H and O–H groups in total. The number of thiophene rings is 1. The van der Waals surface area contributed by atoms with E-state index in [4.69, 9.17) is 9.47 Å². The maximum atomic E-state index is 13.0. The molecule has 0 fully saturated rings. The normalized spacial score (nSPS) is 11.6. The number of hydrogen-bond donors (Lipinski definition) is 2. The second-order valence-electron chi connectivity index (χ2n) is 8.10. The number of nitrogens with zero attached hydrogens (tertiary/aromatic N) is 2. The van der Waals surface area contributed by atoms with Crippen molar-refractivity contribution in [3.05, 3.63) is 93.6 Å². The van der Waals surface area contributed by atoms with Crippen LogP contribution in [0.2, 0.25) is 0 Å². The minimum atomic E-state index is -0.419. The van der Waals surface area contributed by atoms with Crippen molar-refractivity contribution in [2.75, 3.05) is 24.9 Å². The van der Waals surface area contributed by atoms with Gasteiger partial charge in [0.25, 0.3) is 5.91 Å². The SMILES string of the molecule is COc1cccc([C@@H](Nc2nc(C)cc(C)n2)c2cc(C)sc2NC(=O)c2ccccc2)c1OC. The highest BCUT2D eigenvalue weighted by Gasteiger charge is 2.27. The van der Waals surface area contributed by atoms with E-state index in [1.807, 2.05) is 63.2 Å². The smallest absolute Gasteiger partial charge is 0.256 e. The summed E-state index contributed by atoms with van der Waals surface area (Å²) in [6, 6.07) is 18.5. The van der Waals surface area contributed by atoms with Crippen LogP contribution in [0.25, 0.3) is 0 Å². The van der Waals surface area contributed by atoms with E-state index in [9.17, 15) is 4.79 Å². The van der Waals surface area contributed by atoms with Gasteiger partial charge in [0, 0.05) is 33.0 Å². The van der Waals surface area contributed by atoms with Crippen molar-refractivity contribution in [3.63, 3.8) is 0 Å². The number of carbonyl (C=O) groups excluding carboxylic acids is 1. The molecule has 1 atom stereocenters. The lowest BCUT2D eigenvalue weighted by molar-refractivity contribution is 0.102. The standard InChI is InChI=1S/C27H28N4O3S/c1-16-14-17(2)29-27(28-16)30-23(20-12-9-13-22(33-4)24(20)34-5)21-15-18(3)35-26(21)31-25(32)19-10-7-6-8-11-19/h6-15,23H,1-5H3,(H,31,32)(H,28,29,30)/t23-/m1/s1.